The van der Waals surface area contributed by atoms with E-state index in [4.69, 9.17) is 5.11 Å². The van der Waals surface area contributed by atoms with Crippen LogP contribution in [0.4, 0.5) is 0 Å². The van der Waals surface area contributed by atoms with Crippen LogP contribution < -0.4 is 5.32 Å². The van der Waals surface area contributed by atoms with E-state index >= 15 is 0 Å². The molecule has 0 aromatic heterocycles. The number of carbonyl (C=O) groups is 2. The van der Waals surface area contributed by atoms with Gasteiger partial charge in [0, 0.05) is 18.5 Å². The lowest BCUT2D eigenvalue weighted by atomic mass is 10.2. The lowest BCUT2D eigenvalue weighted by Gasteiger charge is -2.02. The van der Waals surface area contributed by atoms with Gasteiger partial charge in [-0.3, -0.25) is 9.59 Å². The lowest BCUT2D eigenvalue weighted by Crippen LogP contribution is -2.23. The number of aliphatic carboxylic acids is 1. The van der Waals surface area contributed by atoms with E-state index in [1.165, 1.54) is 0 Å². The smallest absolute Gasteiger partial charge is 0.303 e. The average molecular weight is 261 g/mol. The molecule has 0 aliphatic heterocycles. The molecule has 4 heteroatoms. The molecule has 0 fully saturated rings. The zero-order valence-corrected chi connectivity index (χ0v) is 10.8. The summed E-state index contributed by atoms with van der Waals surface area (Å²) in [5.41, 5.74) is 0.660. The SMILES string of the molecule is O=C(O)CCCC=CCCNC(=O)c1ccccc1. The van der Waals surface area contributed by atoms with Crippen molar-refractivity contribution in [1.29, 1.82) is 0 Å². The summed E-state index contributed by atoms with van der Waals surface area (Å²) >= 11 is 0. The molecule has 0 atom stereocenters. The zero-order chi connectivity index (χ0) is 13.9. The number of allylic oxidation sites excluding steroid dienone is 1. The van der Waals surface area contributed by atoms with Crippen LogP contribution in [0, 0.1) is 0 Å². The van der Waals surface area contributed by atoms with Crippen LogP contribution in [0.25, 0.3) is 0 Å². The predicted molar refractivity (Wildman–Crippen MR) is 74.0 cm³/mol. The molecule has 0 aliphatic carbocycles. The Morgan fingerprint density at radius 3 is 2.47 bits per heavy atom. The number of carboxylic acid groups (broad SMARTS) is 1. The number of carbonyl (C=O) groups excluding carboxylic acids is 1. The van der Waals surface area contributed by atoms with Crippen LogP contribution in [-0.4, -0.2) is 23.5 Å². The second-order valence-corrected chi connectivity index (χ2v) is 4.17. The highest BCUT2D eigenvalue weighted by Crippen LogP contribution is 1.99. The third-order valence-electron chi connectivity index (χ3n) is 2.56. The average Bonchev–Trinajstić information content (AvgIpc) is 2.42. The van der Waals surface area contributed by atoms with Crippen molar-refractivity contribution in [3.63, 3.8) is 0 Å². The summed E-state index contributed by atoms with van der Waals surface area (Å²) in [5, 5.41) is 11.3. The minimum Gasteiger partial charge on any atom is -0.481 e. The van der Waals surface area contributed by atoms with Crippen molar-refractivity contribution in [1.82, 2.24) is 5.32 Å². The number of rotatable bonds is 8. The molecule has 0 heterocycles. The molecule has 0 saturated heterocycles. The highest BCUT2D eigenvalue weighted by Gasteiger charge is 2.01. The van der Waals surface area contributed by atoms with Crippen LogP contribution in [0.1, 0.15) is 36.0 Å². The minimum absolute atomic E-state index is 0.0696. The van der Waals surface area contributed by atoms with Crippen molar-refractivity contribution in [2.75, 3.05) is 6.54 Å². The monoisotopic (exact) mass is 261 g/mol. The standard InChI is InChI=1S/C15H19NO3/c17-14(18)11-7-2-1-3-8-12-16-15(19)13-9-5-4-6-10-13/h1,3-6,9-10H,2,7-8,11-12H2,(H,16,19)(H,17,18). The zero-order valence-electron chi connectivity index (χ0n) is 10.8. The first-order chi connectivity index (χ1) is 9.20. The Labute approximate surface area is 113 Å². The molecule has 19 heavy (non-hydrogen) atoms. The van der Waals surface area contributed by atoms with Crippen LogP contribution in [0.3, 0.4) is 0 Å². The Morgan fingerprint density at radius 1 is 1.11 bits per heavy atom. The van der Waals surface area contributed by atoms with Gasteiger partial charge in [-0.25, -0.2) is 0 Å². The van der Waals surface area contributed by atoms with E-state index in [-0.39, 0.29) is 12.3 Å². The summed E-state index contributed by atoms with van der Waals surface area (Å²) in [7, 11) is 0. The van der Waals surface area contributed by atoms with Gasteiger partial charge < -0.3 is 10.4 Å². The first kappa shape index (κ1) is 15.0. The molecular formula is C15H19NO3. The molecule has 1 aromatic carbocycles. The number of carboxylic acids is 1. The largest absolute Gasteiger partial charge is 0.481 e. The van der Waals surface area contributed by atoms with Gasteiger partial charge in [0.2, 0.25) is 0 Å². The fourth-order valence-electron chi connectivity index (χ4n) is 1.57. The molecule has 1 rings (SSSR count). The van der Waals surface area contributed by atoms with Gasteiger partial charge in [0.15, 0.2) is 0 Å². The number of hydrogen-bond donors (Lipinski definition) is 2. The molecule has 0 unspecified atom stereocenters. The highest BCUT2D eigenvalue weighted by molar-refractivity contribution is 5.94. The summed E-state index contributed by atoms with van der Waals surface area (Å²) in [5.74, 6) is -0.830. The van der Waals surface area contributed by atoms with E-state index in [9.17, 15) is 9.59 Å². The van der Waals surface area contributed by atoms with Gasteiger partial charge in [-0.2, -0.15) is 0 Å². The molecule has 1 amide bonds. The van der Waals surface area contributed by atoms with Gasteiger partial charge >= 0.3 is 5.97 Å². The van der Waals surface area contributed by atoms with Crippen LogP contribution in [0.15, 0.2) is 42.5 Å². The van der Waals surface area contributed by atoms with Crippen LogP contribution in [0.5, 0.6) is 0 Å². The Bertz CT molecular complexity index is 426. The maximum Gasteiger partial charge on any atom is 0.303 e. The minimum atomic E-state index is -0.761. The van der Waals surface area contributed by atoms with Gasteiger partial charge in [-0.1, -0.05) is 30.4 Å². The van der Waals surface area contributed by atoms with E-state index in [1.54, 1.807) is 12.1 Å². The summed E-state index contributed by atoms with van der Waals surface area (Å²) in [6.45, 7) is 0.586. The van der Waals surface area contributed by atoms with Crippen LogP contribution in [0.2, 0.25) is 0 Å². The first-order valence-electron chi connectivity index (χ1n) is 6.40. The van der Waals surface area contributed by atoms with E-state index in [2.05, 4.69) is 5.32 Å². The van der Waals surface area contributed by atoms with Gasteiger partial charge in [-0.05, 0) is 31.4 Å². The maximum absolute atomic E-state index is 11.7. The number of benzene rings is 1. The van der Waals surface area contributed by atoms with E-state index < -0.39 is 5.97 Å². The Balaban J connectivity index is 2.09. The summed E-state index contributed by atoms with van der Waals surface area (Å²) in [4.78, 5) is 21.9. The Morgan fingerprint density at radius 2 is 1.79 bits per heavy atom. The van der Waals surface area contributed by atoms with Crippen molar-refractivity contribution in [2.45, 2.75) is 25.7 Å². The highest BCUT2D eigenvalue weighted by atomic mass is 16.4. The van der Waals surface area contributed by atoms with Gasteiger partial charge in [0.25, 0.3) is 5.91 Å². The van der Waals surface area contributed by atoms with Gasteiger partial charge in [0.05, 0.1) is 0 Å². The number of nitrogens with one attached hydrogen (secondary N) is 1. The summed E-state index contributed by atoms with van der Waals surface area (Å²) in [6.07, 6.45) is 6.30. The van der Waals surface area contributed by atoms with E-state index in [1.807, 2.05) is 30.4 Å². The lowest BCUT2D eigenvalue weighted by molar-refractivity contribution is -0.137. The third-order valence-corrected chi connectivity index (χ3v) is 2.56. The molecule has 2 N–H and O–H groups in total. The summed E-state index contributed by atoms with van der Waals surface area (Å²) in [6, 6.07) is 9.08. The van der Waals surface area contributed by atoms with Crippen molar-refractivity contribution in [2.24, 2.45) is 0 Å². The molecule has 4 nitrogen and oxygen atoms in total. The van der Waals surface area contributed by atoms with Crippen molar-refractivity contribution < 1.29 is 14.7 Å². The van der Waals surface area contributed by atoms with Gasteiger partial charge in [0.1, 0.15) is 0 Å². The number of hydrogen-bond acceptors (Lipinski definition) is 2. The second-order valence-electron chi connectivity index (χ2n) is 4.17. The van der Waals surface area contributed by atoms with Gasteiger partial charge in [-0.15, -0.1) is 0 Å². The second kappa shape index (κ2) is 8.91. The predicted octanol–water partition coefficient (Wildman–Crippen LogP) is 2.62. The first-order valence-corrected chi connectivity index (χ1v) is 6.40. The topological polar surface area (TPSA) is 66.4 Å². The van der Waals surface area contributed by atoms with Crippen LogP contribution in [-0.2, 0) is 4.79 Å². The normalized spacial score (nSPS) is 10.5. The van der Waals surface area contributed by atoms with Crippen molar-refractivity contribution >= 4 is 11.9 Å². The fraction of sp³-hybridized carbons (Fsp3) is 0.333. The van der Waals surface area contributed by atoms with E-state index in [0.717, 1.165) is 12.8 Å². The maximum atomic E-state index is 11.7. The van der Waals surface area contributed by atoms with Crippen molar-refractivity contribution in [3.8, 4) is 0 Å². The fourth-order valence-corrected chi connectivity index (χ4v) is 1.57. The molecule has 0 bridgehead atoms. The molecular weight excluding hydrogens is 242 g/mol. The third kappa shape index (κ3) is 7.03. The number of amides is 1. The molecule has 1 aromatic rings. The van der Waals surface area contributed by atoms with E-state index in [0.29, 0.717) is 18.5 Å². The van der Waals surface area contributed by atoms with Crippen molar-refractivity contribution in [3.05, 3.63) is 48.0 Å². The molecule has 0 saturated carbocycles. The van der Waals surface area contributed by atoms with Crippen LogP contribution >= 0.6 is 0 Å². The Kier molecular flexibility index (Phi) is 7.02. The molecule has 0 aliphatic rings. The molecule has 0 spiro atoms. The molecule has 102 valence electrons. The Hall–Kier alpha value is -2.10. The molecule has 0 radical (unpaired) electrons. The summed E-state index contributed by atoms with van der Waals surface area (Å²) < 4.78 is 0. The number of unbranched alkanes of at least 4 members (excludes halogenated alkanes) is 1. The quantitative estimate of drug-likeness (QED) is 0.558.